The SMILES string of the molecule is COCCC(CNC1CC1)c1ccc(Br)cc1. The minimum absolute atomic E-state index is 0.559. The van der Waals surface area contributed by atoms with Crippen molar-refractivity contribution in [2.75, 3.05) is 20.3 Å². The quantitative estimate of drug-likeness (QED) is 0.834. The van der Waals surface area contributed by atoms with Gasteiger partial charge in [-0.15, -0.1) is 0 Å². The molecular weight excluding hydrogens is 278 g/mol. The number of hydrogen-bond donors (Lipinski definition) is 1. The maximum absolute atomic E-state index is 5.20. The van der Waals surface area contributed by atoms with Crippen molar-refractivity contribution in [2.24, 2.45) is 0 Å². The third-order valence-corrected chi connectivity index (χ3v) is 3.77. The summed E-state index contributed by atoms with van der Waals surface area (Å²) in [5.74, 6) is 0.559. The van der Waals surface area contributed by atoms with Gasteiger partial charge in [0, 0.05) is 30.8 Å². The first kappa shape index (κ1) is 13.1. The van der Waals surface area contributed by atoms with Gasteiger partial charge in [-0.25, -0.2) is 0 Å². The predicted molar refractivity (Wildman–Crippen MR) is 74.4 cm³/mol. The van der Waals surface area contributed by atoms with Crippen LogP contribution >= 0.6 is 15.9 Å². The highest BCUT2D eigenvalue weighted by Gasteiger charge is 2.22. The van der Waals surface area contributed by atoms with Crippen LogP contribution in [-0.4, -0.2) is 26.3 Å². The van der Waals surface area contributed by atoms with Crippen molar-refractivity contribution in [2.45, 2.75) is 31.2 Å². The van der Waals surface area contributed by atoms with E-state index in [1.165, 1.54) is 18.4 Å². The van der Waals surface area contributed by atoms with Crippen LogP contribution in [0.3, 0.4) is 0 Å². The van der Waals surface area contributed by atoms with Gasteiger partial charge in [0.05, 0.1) is 0 Å². The lowest BCUT2D eigenvalue weighted by Crippen LogP contribution is -2.24. The minimum Gasteiger partial charge on any atom is -0.385 e. The van der Waals surface area contributed by atoms with Crippen LogP contribution in [0, 0.1) is 0 Å². The molecule has 0 heterocycles. The van der Waals surface area contributed by atoms with Crippen molar-refractivity contribution in [3.63, 3.8) is 0 Å². The average molecular weight is 298 g/mol. The first-order valence-corrected chi connectivity index (χ1v) is 7.06. The molecule has 0 amide bonds. The number of nitrogens with one attached hydrogen (secondary N) is 1. The van der Waals surface area contributed by atoms with Crippen molar-refractivity contribution in [3.05, 3.63) is 34.3 Å². The Hall–Kier alpha value is -0.380. The molecule has 3 heteroatoms. The molecule has 0 saturated heterocycles. The van der Waals surface area contributed by atoms with Gasteiger partial charge < -0.3 is 10.1 Å². The van der Waals surface area contributed by atoms with Crippen molar-refractivity contribution in [1.29, 1.82) is 0 Å². The van der Waals surface area contributed by atoms with Gasteiger partial charge in [0.25, 0.3) is 0 Å². The van der Waals surface area contributed by atoms with E-state index in [1.807, 2.05) is 0 Å². The summed E-state index contributed by atoms with van der Waals surface area (Å²) >= 11 is 3.48. The van der Waals surface area contributed by atoms with E-state index in [1.54, 1.807) is 7.11 Å². The maximum Gasteiger partial charge on any atom is 0.0468 e. The summed E-state index contributed by atoms with van der Waals surface area (Å²) in [5, 5.41) is 3.61. The van der Waals surface area contributed by atoms with Crippen LogP contribution in [0.15, 0.2) is 28.7 Å². The van der Waals surface area contributed by atoms with Crippen LogP contribution in [0.5, 0.6) is 0 Å². The fraction of sp³-hybridized carbons (Fsp3) is 0.571. The molecule has 2 rings (SSSR count). The Balaban J connectivity index is 1.93. The van der Waals surface area contributed by atoms with Gasteiger partial charge in [-0.2, -0.15) is 0 Å². The second-order valence-electron chi connectivity index (χ2n) is 4.71. The van der Waals surface area contributed by atoms with Crippen LogP contribution in [0.25, 0.3) is 0 Å². The lowest BCUT2D eigenvalue weighted by Gasteiger charge is -2.18. The Kier molecular flexibility index (Phi) is 5.01. The Labute approximate surface area is 112 Å². The number of halogens is 1. The van der Waals surface area contributed by atoms with Crippen LogP contribution in [-0.2, 0) is 4.74 Å². The van der Waals surface area contributed by atoms with Crippen molar-refractivity contribution in [3.8, 4) is 0 Å². The highest BCUT2D eigenvalue weighted by molar-refractivity contribution is 9.10. The largest absolute Gasteiger partial charge is 0.385 e. The zero-order valence-corrected chi connectivity index (χ0v) is 11.9. The Bertz CT molecular complexity index is 335. The molecule has 1 aliphatic rings. The molecule has 94 valence electrons. The second-order valence-corrected chi connectivity index (χ2v) is 5.63. The molecular formula is C14H20BrNO. The highest BCUT2D eigenvalue weighted by Crippen LogP contribution is 2.24. The number of benzene rings is 1. The third kappa shape index (κ3) is 4.41. The lowest BCUT2D eigenvalue weighted by atomic mass is 9.96. The van der Waals surface area contributed by atoms with Crippen LogP contribution < -0.4 is 5.32 Å². The molecule has 0 spiro atoms. The molecule has 1 saturated carbocycles. The standard InChI is InChI=1S/C14H20BrNO/c1-17-9-8-12(10-16-14-6-7-14)11-2-4-13(15)5-3-11/h2-5,12,14,16H,6-10H2,1H3. The van der Waals surface area contributed by atoms with Gasteiger partial charge in [-0.05, 0) is 42.9 Å². The first-order valence-electron chi connectivity index (χ1n) is 6.27. The topological polar surface area (TPSA) is 21.3 Å². The molecule has 2 nitrogen and oxygen atoms in total. The molecule has 1 aliphatic carbocycles. The van der Waals surface area contributed by atoms with E-state index in [-0.39, 0.29) is 0 Å². The van der Waals surface area contributed by atoms with Gasteiger partial charge in [0.2, 0.25) is 0 Å². The molecule has 1 fully saturated rings. The van der Waals surface area contributed by atoms with Crippen molar-refractivity contribution >= 4 is 15.9 Å². The molecule has 0 aliphatic heterocycles. The normalized spacial score (nSPS) is 17.1. The Morgan fingerprint density at radius 1 is 1.35 bits per heavy atom. The summed E-state index contributed by atoms with van der Waals surface area (Å²) in [5.41, 5.74) is 1.40. The zero-order chi connectivity index (χ0) is 12.1. The third-order valence-electron chi connectivity index (χ3n) is 3.24. The van der Waals surface area contributed by atoms with E-state index < -0.39 is 0 Å². The summed E-state index contributed by atoms with van der Waals surface area (Å²) in [6.07, 6.45) is 3.77. The van der Waals surface area contributed by atoms with Crippen molar-refractivity contribution < 1.29 is 4.74 Å². The van der Waals surface area contributed by atoms with E-state index in [4.69, 9.17) is 4.74 Å². The molecule has 1 N–H and O–H groups in total. The van der Waals surface area contributed by atoms with Gasteiger partial charge >= 0.3 is 0 Å². The average Bonchev–Trinajstić information content (AvgIpc) is 3.15. The van der Waals surface area contributed by atoms with E-state index in [9.17, 15) is 0 Å². The zero-order valence-electron chi connectivity index (χ0n) is 10.3. The molecule has 1 aromatic rings. The van der Waals surface area contributed by atoms with E-state index in [0.717, 1.165) is 30.1 Å². The fourth-order valence-electron chi connectivity index (χ4n) is 1.98. The van der Waals surface area contributed by atoms with Gasteiger partial charge in [-0.1, -0.05) is 28.1 Å². The van der Waals surface area contributed by atoms with Gasteiger partial charge in [0.1, 0.15) is 0 Å². The van der Waals surface area contributed by atoms with E-state index >= 15 is 0 Å². The Morgan fingerprint density at radius 2 is 2.06 bits per heavy atom. The number of hydrogen-bond acceptors (Lipinski definition) is 2. The van der Waals surface area contributed by atoms with Gasteiger partial charge in [0.15, 0.2) is 0 Å². The fourth-order valence-corrected chi connectivity index (χ4v) is 2.24. The molecule has 0 bridgehead atoms. The summed E-state index contributed by atoms with van der Waals surface area (Å²) < 4.78 is 6.34. The Morgan fingerprint density at radius 3 is 2.65 bits per heavy atom. The molecule has 0 radical (unpaired) electrons. The number of ether oxygens (including phenoxy) is 1. The second kappa shape index (κ2) is 6.53. The summed E-state index contributed by atoms with van der Waals surface area (Å²) in [7, 11) is 1.77. The van der Waals surface area contributed by atoms with E-state index in [0.29, 0.717) is 5.92 Å². The highest BCUT2D eigenvalue weighted by atomic mass is 79.9. The number of rotatable bonds is 7. The molecule has 1 unspecified atom stereocenters. The molecule has 0 aromatic heterocycles. The summed E-state index contributed by atoms with van der Waals surface area (Å²) in [4.78, 5) is 0. The minimum atomic E-state index is 0.559. The molecule has 1 atom stereocenters. The van der Waals surface area contributed by atoms with Gasteiger partial charge in [-0.3, -0.25) is 0 Å². The summed E-state index contributed by atoms with van der Waals surface area (Å²) in [6, 6.07) is 9.42. The van der Waals surface area contributed by atoms with Crippen LogP contribution in [0.2, 0.25) is 0 Å². The predicted octanol–water partition coefficient (Wildman–Crippen LogP) is 3.32. The van der Waals surface area contributed by atoms with Crippen LogP contribution in [0.4, 0.5) is 0 Å². The molecule has 17 heavy (non-hydrogen) atoms. The lowest BCUT2D eigenvalue weighted by molar-refractivity contribution is 0.187. The smallest absolute Gasteiger partial charge is 0.0468 e. The van der Waals surface area contributed by atoms with E-state index in [2.05, 4.69) is 45.5 Å². The van der Waals surface area contributed by atoms with Crippen molar-refractivity contribution in [1.82, 2.24) is 5.32 Å². The number of methoxy groups -OCH3 is 1. The molecule has 1 aromatic carbocycles. The van der Waals surface area contributed by atoms with Crippen LogP contribution in [0.1, 0.15) is 30.7 Å². The first-order chi connectivity index (χ1) is 8.29. The monoisotopic (exact) mass is 297 g/mol. The summed E-state index contributed by atoms with van der Waals surface area (Å²) in [6.45, 7) is 1.89. The maximum atomic E-state index is 5.20.